The normalized spacial score (nSPS) is 10.0. The maximum absolute atomic E-state index is 12.0. The minimum atomic E-state index is -0.192. The summed E-state index contributed by atoms with van der Waals surface area (Å²) in [6, 6.07) is 8.12. The van der Waals surface area contributed by atoms with E-state index < -0.39 is 0 Å². The van der Waals surface area contributed by atoms with Crippen LogP contribution in [0.1, 0.15) is 16.1 Å². The van der Waals surface area contributed by atoms with Crippen LogP contribution in [0.4, 0.5) is 0 Å². The van der Waals surface area contributed by atoms with Crippen LogP contribution >= 0.6 is 11.6 Å². The third kappa shape index (κ3) is 2.60. The van der Waals surface area contributed by atoms with Gasteiger partial charge >= 0.3 is 0 Å². The molecule has 5 heteroatoms. The van der Waals surface area contributed by atoms with Gasteiger partial charge in [0.1, 0.15) is 12.0 Å². The zero-order chi connectivity index (χ0) is 12.3. The lowest BCUT2D eigenvalue weighted by Crippen LogP contribution is -2.04. The number of ketones is 1. The van der Waals surface area contributed by atoms with Crippen molar-refractivity contribution in [2.45, 2.75) is 0 Å². The van der Waals surface area contributed by atoms with E-state index in [0.29, 0.717) is 22.2 Å². The zero-order valence-electron chi connectivity index (χ0n) is 9.05. The Hall–Kier alpha value is -1.94. The SMILES string of the molecule is COc1cc(C(=O)c2ccc(Cl)cc2)ncn1. The summed E-state index contributed by atoms with van der Waals surface area (Å²) in [5.41, 5.74) is 0.814. The Morgan fingerprint density at radius 3 is 2.59 bits per heavy atom. The van der Waals surface area contributed by atoms with Gasteiger partial charge in [-0.1, -0.05) is 11.6 Å². The zero-order valence-corrected chi connectivity index (χ0v) is 9.81. The summed E-state index contributed by atoms with van der Waals surface area (Å²) in [6.45, 7) is 0. The van der Waals surface area contributed by atoms with E-state index in [0.717, 1.165) is 0 Å². The summed E-state index contributed by atoms with van der Waals surface area (Å²) in [5, 5.41) is 0.585. The van der Waals surface area contributed by atoms with Gasteiger partial charge in [0, 0.05) is 16.7 Å². The smallest absolute Gasteiger partial charge is 0.216 e. The number of methoxy groups -OCH3 is 1. The Bertz CT molecular complexity index is 540. The van der Waals surface area contributed by atoms with Crippen molar-refractivity contribution in [2.75, 3.05) is 7.11 Å². The molecule has 0 N–H and O–H groups in total. The topological polar surface area (TPSA) is 52.1 Å². The molecule has 0 unspecified atom stereocenters. The van der Waals surface area contributed by atoms with Gasteiger partial charge in [-0.3, -0.25) is 4.79 Å². The molecule has 1 heterocycles. The molecule has 2 aromatic rings. The summed E-state index contributed by atoms with van der Waals surface area (Å²) in [4.78, 5) is 19.8. The van der Waals surface area contributed by atoms with Gasteiger partial charge < -0.3 is 4.74 Å². The molecule has 0 saturated carbocycles. The lowest BCUT2D eigenvalue weighted by atomic mass is 10.1. The number of ether oxygens (including phenoxy) is 1. The van der Waals surface area contributed by atoms with E-state index in [1.165, 1.54) is 19.5 Å². The summed E-state index contributed by atoms with van der Waals surface area (Å²) in [5.74, 6) is 0.166. The second kappa shape index (κ2) is 4.93. The molecule has 0 aliphatic rings. The van der Waals surface area contributed by atoms with Crippen molar-refractivity contribution >= 4 is 17.4 Å². The number of hydrogen-bond acceptors (Lipinski definition) is 4. The lowest BCUT2D eigenvalue weighted by Gasteiger charge is -2.02. The van der Waals surface area contributed by atoms with Crippen LogP contribution in [0.15, 0.2) is 36.7 Å². The van der Waals surface area contributed by atoms with E-state index >= 15 is 0 Å². The Morgan fingerprint density at radius 2 is 1.94 bits per heavy atom. The second-order valence-corrected chi connectivity index (χ2v) is 3.72. The highest BCUT2D eigenvalue weighted by Gasteiger charge is 2.11. The Labute approximate surface area is 103 Å². The minimum absolute atomic E-state index is 0.192. The highest BCUT2D eigenvalue weighted by atomic mass is 35.5. The summed E-state index contributed by atoms with van der Waals surface area (Å²) < 4.78 is 4.94. The molecule has 0 amide bonds. The van der Waals surface area contributed by atoms with E-state index in [9.17, 15) is 4.79 Å². The number of hydrogen-bond donors (Lipinski definition) is 0. The monoisotopic (exact) mass is 248 g/mol. The first-order valence-electron chi connectivity index (χ1n) is 4.87. The molecular formula is C12H9ClN2O2. The fourth-order valence-corrected chi connectivity index (χ4v) is 1.45. The highest BCUT2D eigenvalue weighted by molar-refractivity contribution is 6.30. The molecule has 0 bridgehead atoms. The van der Waals surface area contributed by atoms with Crippen LogP contribution in [0.5, 0.6) is 5.88 Å². The van der Waals surface area contributed by atoms with E-state index in [1.807, 2.05) is 0 Å². The first-order valence-corrected chi connectivity index (χ1v) is 5.25. The third-order valence-electron chi connectivity index (χ3n) is 2.19. The largest absolute Gasteiger partial charge is 0.481 e. The van der Waals surface area contributed by atoms with Gasteiger partial charge in [-0.05, 0) is 24.3 Å². The van der Waals surface area contributed by atoms with Gasteiger partial charge in [0.2, 0.25) is 11.7 Å². The number of rotatable bonds is 3. The first kappa shape index (κ1) is 11.5. The molecule has 17 heavy (non-hydrogen) atoms. The van der Waals surface area contributed by atoms with Crippen molar-refractivity contribution in [2.24, 2.45) is 0 Å². The number of aromatic nitrogens is 2. The number of halogens is 1. The quantitative estimate of drug-likeness (QED) is 0.783. The molecular weight excluding hydrogens is 240 g/mol. The fourth-order valence-electron chi connectivity index (χ4n) is 1.32. The molecule has 1 aromatic carbocycles. The van der Waals surface area contributed by atoms with Crippen LogP contribution in [0.3, 0.4) is 0 Å². The van der Waals surface area contributed by atoms with E-state index in [4.69, 9.17) is 16.3 Å². The molecule has 0 saturated heterocycles. The molecule has 86 valence electrons. The summed E-state index contributed by atoms with van der Waals surface area (Å²) >= 11 is 5.75. The molecule has 2 rings (SSSR count). The maximum Gasteiger partial charge on any atom is 0.216 e. The van der Waals surface area contributed by atoms with Crippen molar-refractivity contribution in [3.63, 3.8) is 0 Å². The standard InChI is InChI=1S/C12H9ClN2O2/c1-17-11-6-10(14-7-15-11)12(16)8-2-4-9(13)5-3-8/h2-7H,1H3. The average molecular weight is 249 g/mol. The van der Waals surface area contributed by atoms with Gasteiger partial charge in [0.05, 0.1) is 7.11 Å². The predicted octanol–water partition coefficient (Wildman–Crippen LogP) is 2.37. The minimum Gasteiger partial charge on any atom is -0.481 e. The Morgan fingerprint density at radius 1 is 1.24 bits per heavy atom. The number of benzene rings is 1. The van der Waals surface area contributed by atoms with E-state index in [1.54, 1.807) is 24.3 Å². The molecule has 0 spiro atoms. The highest BCUT2D eigenvalue weighted by Crippen LogP contribution is 2.14. The van der Waals surface area contributed by atoms with Crippen LogP contribution in [0.2, 0.25) is 5.02 Å². The van der Waals surface area contributed by atoms with Crippen molar-refractivity contribution in [1.82, 2.24) is 9.97 Å². The average Bonchev–Trinajstić information content (AvgIpc) is 2.39. The van der Waals surface area contributed by atoms with E-state index in [2.05, 4.69) is 9.97 Å². The van der Waals surface area contributed by atoms with Gasteiger partial charge in [0.25, 0.3) is 0 Å². The van der Waals surface area contributed by atoms with Crippen LogP contribution < -0.4 is 4.74 Å². The molecule has 0 fully saturated rings. The first-order chi connectivity index (χ1) is 8.20. The van der Waals surface area contributed by atoms with Gasteiger partial charge in [-0.2, -0.15) is 0 Å². The van der Waals surface area contributed by atoms with Crippen LogP contribution in [0, 0.1) is 0 Å². The molecule has 0 aliphatic carbocycles. The van der Waals surface area contributed by atoms with Crippen LogP contribution in [0.25, 0.3) is 0 Å². The number of carbonyl (C=O) groups excluding carboxylic acids is 1. The Kier molecular flexibility index (Phi) is 3.35. The molecule has 0 atom stereocenters. The predicted molar refractivity (Wildman–Crippen MR) is 63.5 cm³/mol. The maximum atomic E-state index is 12.0. The van der Waals surface area contributed by atoms with Crippen molar-refractivity contribution < 1.29 is 9.53 Å². The Balaban J connectivity index is 2.33. The molecule has 1 aromatic heterocycles. The van der Waals surface area contributed by atoms with E-state index in [-0.39, 0.29) is 5.78 Å². The van der Waals surface area contributed by atoms with Gasteiger partial charge in [-0.25, -0.2) is 9.97 Å². The molecule has 0 radical (unpaired) electrons. The van der Waals surface area contributed by atoms with Crippen LogP contribution in [-0.4, -0.2) is 22.9 Å². The van der Waals surface area contributed by atoms with Gasteiger partial charge in [-0.15, -0.1) is 0 Å². The van der Waals surface area contributed by atoms with Crippen molar-refractivity contribution in [3.05, 3.63) is 52.9 Å². The third-order valence-corrected chi connectivity index (χ3v) is 2.44. The summed E-state index contributed by atoms with van der Waals surface area (Å²) in [7, 11) is 1.48. The van der Waals surface area contributed by atoms with Crippen molar-refractivity contribution in [1.29, 1.82) is 0 Å². The number of carbonyl (C=O) groups is 1. The molecule has 4 nitrogen and oxygen atoms in total. The lowest BCUT2D eigenvalue weighted by molar-refractivity contribution is 0.103. The molecule has 0 aliphatic heterocycles. The van der Waals surface area contributed by atoms with Crippen LogP contribution in [-0.2, 0) is 0 Å². The second-order valence-electron chi connectivity index (χ2n) is 3.28. The summed E-state index contributed by atoms with van der Waals surface area (Å²) in [6.07, 6.45) is 1.29. The van der Waals surface area contributed by atoms with Gasteiger partial charge in [0.15, 0.2) is 0 Å². The number of nitrogens with zero attached hydrogens (tertiary/aromatic N) is 2. The van der Waals surface area contributed by atoms with Crippen molar-refractivity contribution in [3.8, 4) is 5.88 Å². The fraction of sp³-hybridized carbons (Fsp3) is 0.0833.